The van der Waals surface area contributed by atoms with E-state index in [4.69, 9.17) is 9.47 Å². The molecule has 0 amide bonds. The Hall–Kier alpha value is -1.95. The molecule has 0 aromatic heterocycles. The SMILES string of the molecule is O[C@@H]1CCCN(Cc2cc(F)cc3c2O[C@@H](c2ccccc2)OC3)C1. The fourth-order valence-electron chi connectivity index (χ4n) is 3.58. The first-order valence-electron chi connectivity index (χ1n) is 8.74. The summed E-state index contributed by atoms with van der Waals surface area (Å²) in [6, 6.07) is 12.8. The van der Waals surface area contributed by atoms with E-state index < -0.39 is 6.29 Å². The van der Waals surface area contributed by atoms with Crippen LogP contribution in [0, 0.1) is 5.82 Å². The van der Waals surface area contributed by atoms with E-state index in [1.807, 2.05) is 30.3 Å². The first-order chi connectivity index (χ1) is 12.2. The van der Waals surface area contributed by atoms with Gasteiger partial charge in [0.2, 0.25) is 6.29 Å². The third-order valence-electron chi connectivity index (χ3n) is 4.77. The number of aliphatic hydroxyl groups excluding tert-OH is 1. The fraction of sp³-hybridized carbons (Fsp3) is 0.400. The van der Waals surface area contributed by atoms with E-state index in [1.54, 1.807) is 0 Å². The molecule has 0 radical (unpaired) electrons. The zero-order chi connectivity index (χ0) is 17.2. The smallest absolute Gasteiger partial charge is 0.227 e. The Kier molecular flexibility index (Phi) is 4.70. The van der Waals surface area contributed by atoms with Crippen LogP contribution in [0.2, 0.25) is 0 Å². The Morgan fingerprint density at radius 3 is 2.84 bits per heavy atom. The summed E-state index contributed by atoms with van der Waals surface area (Å²) >= 11 is 0. The van der Waals surface area contributed by atoms with Crippen LogP contribution < -0.4 is 4.74 Å². The molecular weight excluding hydrogens is 321 g/mol. The van der Waals surface area contributed by atoms with Crippen molar-refractivity contribution in [3.8, 4) is 5.75 Å². The van der Waals surface area contributed by atoms with Crippen LogP contribution in [0.25, 0.3) is 0 Å². The minimum absolute atomic E-state index is 0.281. The molecule has 1 fully saturated rings. The standard InChI is InChI=1S/C20H22FNO3/c21-17-9-15(11-22-8-4-7-18(23)12-22)19-16(10-17)13-24-20(25-19)14-5-2-1-3-6-14/h1-3,5-6,9-10,18,20,23H,4,7-8,11-13H2/t18-,20+/m1/s1. The van der Waals surface area contributed by atoms with Crippen molar-refractivity contribution in [1.82, 2.24) is 4.90 Å². The molecule has 4 rings (SSSR count). The number of likely N-dealkylation sites (tertiary alicyclic amines) is 1. The van der Waals surface area contributed by atoms with Crippen LogP contribution in [0.4, 0.5) is 4.39 Å². The van der Waals surface area contributed by atoms with E-state index >= 15 is 0 Å². The number of aliphatic hydroxyl groups is 1. The molecule has 4 nitrogen and oxygen atoms in total. The summed E-state index contributed by atoms with van der Waals surface area (Å²) in [6.07, 6.45) is 0.998. The zero-order valence-electron chi connectivity index (χ0n) is 14.0. The van der Waals surface area contributed by atoms with E-state index in [2.05, 4.69) is 4.90 Å². The summed E-state index contributed by atoms with van der Waals surface area (Å²) < 4.78 is 25.9. The maximum atomic E-state index is 14.0. The Bertz CT molecular complexity index is 737. The van der Waals surface area contributed by atoms with E-state index in [1.165, 1.54) is 12.1 Å². The largest absolute Gasteiger partial charge is 0.460 e. The second kappa shape index (κ2) is 7.12. The number of nitrogens with zero attached hydrogens (tertiary/aromatic N) is 1. The van der Waals surface area contributed by atoms with Gasteiger partial charge in [-0.05, 0) is 31.5 Å². The van der Waals surface area contributed by atoms with E-state index in [0.29, 0.717) is 25.4 Å². The second-order valence-corrected chi connectivity index (χ2v) is 6.76. The predicted molar refractivity (Wildman–Crippen MR) is 91.5 cm³/mol. The monoisotopic (exact) mass is 343 g/mol. The second-order valence-electron chi connectivity index (χ2n) is 6.76. The number of β-amino-alcohol motifs (C(OH)–C–C–N with tert-alkyl or cyclic N) is 1. The lowest BCUT2D eigenvalue weighted by Crippen LogP contribution is -2.37. The quantitative estimate of drug-likeness (QED) is 0.928. The average molecular weight is 343 g/mol. The maximum Gasteiger partial charge on any atom is 0.227 e. The summed E-state index contributed by atoms with van der Waals surface area (Å²) in [6.45, 7) is 2.41. The summed E-state index contributed by atoms with van der Waals surface area (Å²) in [5.41, 5.74) is 2.49. The van der Waals surface area contributed by atoms with Gasteiger partial charge in [0.1, 0.15) is 11.6 Å². The first kappa shape index (κ1) is 16.5. The number of rotatable bonds is 3. The summed E-state index contributed by atoms with van der Waals surface area (Å²) in [7, 11) is 0. The van der Waals surface area contributed by atoms with Crippen molar-refractivity contribution in [2.75, 3.05) is 13.1 Å². The molecule has 2 aromatic rings. The van der Waals surface area contributed by atoms with Gasteiger partial charge >= 0.3 is 0 Å². The van der Waals surface area contributed by atoms with Gasteiger partial charge in [-0.1, -0.05) is 30.3 Å². The number of fused-ring (bicyclic) bond motifs is 1. The van der Waals surface area contributed by atoms with E-state index in [-0.39, 0.29) is 11.9 Å². The number of halogens is 1. The van der Waals surface area contributed by atoms with Crippen LogP contribution in [0.3, 0.4) is 0 Å². The Morgan fingerprint density at radius 1 is 1.20 bits per heavy atom. The number of piperidine rings is 1. The van der Waals surface area contributed by atoms with Crippen LogP contribution in [0.5, 0.6) is 5.75 Å². The highest BCUT2D eigenvalue weighted by atomic mass is 19.1. The topological polar surface area (TPSA) is 41.9 Å². The predicted octanol–water partition coefficient (Wildman–Crippen LogP) is 3.39. The van der Waals surface area contributed by atoms with Crippen molar-refractivity contribution in [2.45, 2.75) is 38.4 Å². The Morgan fingerprint density at radius 2 is 2.04 bits per heavy atom. The molecule has 5 heteroatoms. The first-order valence-corrected chi connectivity index (χ1v) is 8.74. The van der Waals surface area contributed by atoms with Crippen molar-refractivity contribution in [1.29, 1.82) is 0 Å². The molecule has 0 unspecified atom stereocenters. The molecule has 0 bridgehead atoms. The van der Waals surface area contributed by atoms with Gasteiger partial charge in [0.25, 0.3) is 0 Å². The van der Waals surface area contributed by atoms with Crippen LogP contribution in [0.1, 0.15) is 35.8 Å². The lowest BCUT2D eigenvalue weighted by atomic mass is 10.0. The molecule has 1 N–H and O–H groups in total. The Labute approximate surface area is 146 Å². The van der Waals surface area contributed by atoms with Crippen molar-refractivity contribution < 1.29 is 19.0 Å². The summed E-state index contributed by atoms with van der Waals surface area (Å²) in [5.74, 6) is 0.429. The third kappa shape index (κ3) is 3.68. The molecule has 0 saturated carbocycles. The van der Waals surface area contributed by atoms with Gasteiger partial charge in [0.15, 0.2) is 0 Å². The van der Waals surface area contributed by atoms with Crippen LogP contribution in [0.15, 0.2) is 42.5 Å². The zero-order valence-corrected chi connectivity index (χ0v) is 14.0. The number of hydrogen-bond acceptors (Lipinski definition) is 4. The normalized spacial score (nSPS) is 23.8. The van der Waals surface area contributed by atoms with Gasteiger partial charge in [-0.15, -0.1) is 0 Å². The van der Waals surface area contributed by atoms with Gasteiger partial charge in [-0.3, -0.25) is 4.90 Å². The maximum absolute atomic E-state index is 14.0. The highest BCUT2D eigenvalue weighted by molar-refractivity contribution is 5.43. The van der Waals surface area contributed by atoms with Crippen molar-refractivity contribution >= 4 is 0 Å². The summed E-state index contributed by atoms with van der Waals surface area (Å²) in [5, 5.41) is 9.87. The summed E-state index contributed by atoms with van der Waals surface area (Å²) in [4.78, 5) is 2.15. The molecule has 2 aromatic carbocycles. The van der Waals surface area contributed by atoms with Crippen LogP contribution in [-0.4, -0.2) is 29.2 Å². The lowest BCUT2D eigenvalue weighted by molar-refractivity contribution is -0.112. The lowest BCUT2D eigenvalue weighted by Gasteiger charge is -2.32. The molecule has 1 saturated heterocycles. The third-order valence-corrected chi connectivity index (χ3v) is 4.77. The highest BCUT2D eigenvalue weighted by Crippen LogP contribution is 2.37. The van der Waals surface area contributed by atoms with Gasteiger partial charge in [-0.2, -0.15) is 0 Å². The number of ether oxygens (including phenoxy) is 2. The molecular formula is C20H22FNO3. The molecule has 132 valence electrons. The molecule has 0 spiro atoms. The van der Waals surface area contributed by atoms with Crippen molar-refractivity contribution in [3.63, 3.8) is 0 Å². The van der Waals surface area contributed by atoms with Crippen LogP contribution in [-0.2, 0) is 17.9 Å². The highest BCUT2D eigenvalue weighted by Gasteiger charge is 2.27. The van der Waals surface area contributed by atoms with Gasteiger partial charge in [0.05, 0.1) is 12.7 Å². The molecule has 2 atom stereocenters. The van der Waals surface area contributed by atoms with Crippen molar-refractivity contribution in [2.24, 2.45) is 0 Å². The molecule has 2 aliphatic rings. The number of benzene rings is 2. The molecule has 2 aliphatic heterocycles. The Balaban J connectivity index is 1.59. The van der Waals surface area contributed by atoms with Gasteiger partial charge in [0, 0.05) is 29.8 Å². The molecule has 25 heavy (non-hydrogen) atoms. The van der Waals surface area contributed by atoms with Crippen LogP contribution >= 0.6 is 0 Å². The minimum Gasteiger partial charge on any atom is -0.460 e. The minimum atomic E-state index is -0.482. The van der Waals surface area contributed by atoms with E-state index in [9.17, 15) is 9.50 Å². The fourth-order valence-corrected chi connectivity index (χ4v) is 3.58. The number of hydrogen-bond donors (Lipinski definition) is 1. The molecule has 2 heterocycles. The van der Waals surface area contributed by atoms with Gasteiger partial charge < -0.3 is 14.6 Å². The van der Waals surface area contributed by atoms with Gasteiger partial charge in [-0.25, -0.2) is 4.39 Å². The van der Waals surface area contributed by atoms with Crippen molar-refractivity contribution in [3.05, 3.63) is 65.0 Å². The average Bonchev–Trinajstić information content (AvgIpc) is 2.62. The van der Waals surface area contributed by atoms with E-state index in [0.717, 1.165) is 36.1 Å². The molecule has 0 aliphatic carbocycles.